The lowest BCUT2D eigenvalue weighted by molar-refractivity contribution is 0.596. The SMILES string of the molecule is C=CCCS(=O)(=O)c1ccc(Br)cc1. The summed E-state index contributed by atoms with van der Waals surface area (Å²) in [7, 11) is -3.13. The van der Waals surface area contributed by atoms with Gasteiger partial charge in [-0.1, -0.05) is 22.0 Å². The average molecular weight is 275 g/mol. The van der Waals surface area contributed by atoms with E-state index in [0.717, 1.165) is 4.47 Å². The Kier molecular flexibility index (Phi) is 3.89. The number of halogens is 1. The van der Waals surface area contributed by atoms with Crippen molar-refractivity contribution < 1.29 is 8.42 Å². The number of allylic oxidation sites excluding steroid dienone is 1. The van der Waals surface area contributed by atoms with Crippen LogP contribution in [0.3, 0.4) is 0 Å². The Hall–Kier alpha value is -0.610. The molecule has 0 radical (unpaired) electrons. The van der Waals surface area contributed by atoms with Gasteiger partial charge in [-0.15, -0.1) is 6.58 Å². The molecule has 0 amide bonds. The molecule has 0 bridgehead atoms. The van der Waals surface area contributed by atoms with Crippen LogP contribution in [0.1, 0.15) is 6.42 Å². The molecule has 0 atom stereocenters. The van der Waals surface area contributed by atoms with Crippen LogP contribution in [-0.4, -0.2) is 14.2 Å². The smallest absolute Gasteiger partial charge is 0.178 e. The predicted molar refractivity (Wildman–Crippen MR) is 61.0 cm³/mol. The van der Waals surface area contributed by atoms with Crippen LogP contribution in [0, 0.1) is 0 Å². The van der Waals surface area contributed by atoms with Crippen LogP contribution >= 0.6 is 15.9 Å². The summed E-state index contributed by atoms with van der Waals surface area (Å²) >= 11 is 3.25. The van der Waals surface area contributed by atoms with Crippen LogP contribution in [0.4, 0.5) is 0 Å². The highest BCUT2D eigenvalue weighted by Crippen LogP contribution is 2.16. The van der Waals surface area contributed by atoms with Crippen LogP contribution in [0.25, 0.3) is 0 Å². The molecule has 76 valence electrons. The van der Waals surface area contributed by atoms with Gasteiger partial charge in [-0.2, -0.15) is 0 Å². The van der Waals surface area contributed by atoms with Crippen molar-refractivity contribution in [1.29, 1.82) is 0 Å². The summed E-state index contributed by atoms with van der Waals surface area (Å²) in [6.45, 7) is 3.50. The van der Waals surface area contributed by atoms with E-state index < -0.39 is 9.84 Å². The average Bonchev–Trinajstić information content (AvgIpc) is 2.16. The fraction of sp³-hybridized carbons (Fsp3) is 0.200. The van der Waals surface area contributed by atoms with Gasteiger partial charge >= 0.3 is 0 Å². The van der Waals surface area contributed by atoms with E-state index in [4.69, 9.17) is 0 Å². The van der Waals surface area contributed by atoms with Gasteiger partial charge < -0.3 is 0 Å². The fourth-order valence-electron chi connectivity index (χ4n) is 0.998. The molecule has 4 heteroatoms. The van der Waals surface area contributed by atoms with Crippen LogP contribution in [-0.2, 0) is 9.84 Å². The van der Waals surface area contributed by atoms with Gasteiger partial charge in [0.1, 0.15) is 0 Å². The van der Waals surface area contributed by atoms with E-state index in [1.807, 2.05) is 0 Å². The van der Waals surface area contributed by atoms with Gasteiger partial charge in [0, 0.05) is 4.47 Å². The molecule has 0 spiro atoms. The number of sulfone groups is 1. The summed E-state index contributed by atoms with van der Waals surface area (Å²) in [6, 6.07) is 6.65. The fourth-order valence-corrected chi connectivity index (χ4v) is 2.53. The molecule has 0 saturated heterocycles. The normalized spacial score (nSPS) is 11.2. The highest BCUT2D eigenvalue weighted by molar-refractivity contribution is 9.10. The third-order valence-corrected chi connectivity index (χ3v) is 4.06. The van der Waals surface area contributed by atoms with Crippen LogP contribution in [0.15, 0.2) is 46.3 Å². The van der Waals surface area contributed by atoms with Gasteiger partial charge in [0.15, 0.2) is 9.84 Å². The van der Waals surface area contributed by atoms with Crippen LogP contribution in [0.5, 0.6) is 0 Å². The second-order valence-electron chi connectivity index (χ2n) is 2.85. The maximum absolute atomic E-state index is 11.6. The van der Waals surface area contributed by atoms with E-state index in [2.05, 4.69) is 22.5 Å². The van der Waals surface area contributed by atoms with E-state index in [-0.39, 0.29) is 5.75 Å². The van der Waals surface area contributed by atoms with E-state index >= 15 is 0 Å². The molecular weight excluding hydrogens is 264 g/mol. The van der Waals surface area contributed by atoms with Gasteiger partial charge in [0.05, 0.1) is 10.6 Å². The van der Waals surface area contributed by atoms with E-state index in [1.165, 1.54) is 0 Å². The van der Waals surface area contributed by atoms with Gasteiger partial charge in [0.2, 0.25) is 0 Å². The molecule has 0 aliphatic carbocycles. The van der Waals surface area contributed by atoms with E-state index in [9.17, 15) is 8.42 Å². The van der Waals surface area contributed by atoms with Crippen LogP contribution in [0.2, 0.25) is 0 Å². The quantitative estimate of drug-likeness (QED) is 0.792. The topological polar surface area (TPSA) is 34.1 Å². The molecule has 2 nitrogen and oxygen atoms in total. The van der Waals surface area contributed by atoms with Crippen molar-refractivity contribution in [3.05, 3.63) is 41.4 Å². The van der Waals surface area contributed by atoms with E-state index in [1.54, 1.807) is 30.3 Å². The molecule has 0 aliphatic heterocycles. The monoisotopic (exact) mass is 274 g/mol. The van der Waals surface area contributed by atoms with Gasteiger partial charge in [-0.05, 0) is 30.7 Å². The number of benzene rings is 1. The highest BCUT2D eigenvalue weighted by atomic mass is 79.9. The zero-order valence-electron chi connectivity index (χ0n) is 7.61. The van der Waals surface area contributed by atoms with Gasteiger partial charge in [-0.3, -0.25) is 0 Å². The van der Waals surface area contributed by atoms with Crippen molar-refractivity contribution in [3.63, 3.8) is 0 Å². The molecule has 14 heavy (non-hydrogen) atoms. The maximum atomic E-state index is 11.6. The van der Waals surface area contributed by atoms with Crippen molar-refractivity contribution in [2.24, 2.45) is 0 Å². The second kappa shape index (κ2) is 4.75. The highest BCUT2D eigenvalue weighted by Gasteiger charge is 2.12. The molecular formula is C10H11BrO2S. The molecule has 0 saturated carbocycles. The number of rotatable bonds is 4. The Morgan fingerprint density at radius 3 is 2.36 bits per heavy atom. The number of hydrogen-bond acceptors (Lipinski definition) is 2. The van der Waals surface area contributed by atoms with Crippen molar-refractivity contribution in [1.82, 2.24) is 0 Å². The minimum absolute atomic E-state index is 0.123. The molecule has 0 aromatic heterocycles. The zero-order valence-corrected chi connectivity index (χ0v) is 10.0. The Bertz CT molecular complexity index is 406. The minimum atomic E-state index is -3.13. The van der Waals surface area contributed by atoms with Crippen molar-refractivity contribution in [2.75, 3.05) is 5.75 Å². The minimum Gasteiger partial charge on any atom is -0.224 e. The van der Waals surface area contributed by atoms with E-state index in [0.29, 0.717) is 11.3 Å². The third-order valence-electron chi connectivity index (χ3n) is 1.76. The lowest BCUT2D eigenvalue weighted by atomic mass is 10.4. The Morgan fingerprint density at radius 1 is 1.29 bits per heavy atom. The van der Waals surface area contributed by atoms with Crippen LogP contribution < -0.4 is 0 Å². The first-order chi connectivity index (χ1) is 6.56. The first-order valence-electron chi connectivity index (χ1n) is 4.15. The summed E-state index contributed by atoms with van der Waals surface area (Å²) in [5, 5.41) is 0. The Labute approximate surface area is 92.7 Å². The maximum Gasteiger partial charge on any atom is 0.178 e. The molecule has 0 fully saturated rings. The Balaban J connectivity index is 2.93. The van der Waals surface area contributed by atoms with Crippen molar-refractivity contribution in [3.8, 4) is 0 Å². The molecule has 0 unspecified atom stereocenters. The lowest BCUT2D eigenvalue weighted by Crippen LogP contribution is -2.05. The summed E-state index contributed by atoms with van der Waals surface area (Å²) in [4.78, 5) is 0.363. The molecule has 1 aromatic rings. The molecule has 0 aliphatic rings. The standard InChI is InChI=1S/C10H11BrO2S/c1-2-3-8-14(12,13)10-6-4-9(11)5-7-10/h2,4-7H,1,3,8H2. The third kappa shape index (κ3) is 2.96. The lowest BCUT2D eigenvalue weighted by Gasteiger charge is -2.02. The molecule has 0 heterocycles. The summed E-state index contributed by atoms with van der Waals surface area (Å²) in [5.41, 5.74) is 0. The largest absolute Gasteiger partial charge is 0.224 e. The first-order valence-corrected chi connectivity index (χ1v) is 6.60. The van der Waals surface area contributed by atoms with Crippen molar-refractivity contribution in [2.45, 2.75) is 11.3 Å². The molecule has 0 N–H and O–H groups in total. The summed E-state index contributed by atoms with van der Waals surface area (Å²) in [5.74, 6) is 0.123. The first kappa shape index (κ1) is 11.5. The zero-order chi connectivity index (χ0) is 10.6. The van der Waals surface area contributed by atoms with Crippen molar-refractivity contribution >= 4 is 25.8 Å². The Morgan fingerprint density at radius 2 is 1.86 bits per heavy atom. The summed E-state index contributed by atoms with van der Waals surface area (Å²) in [6.07, 6.45) is 2.09. The molecule has 1 aromatic carbocycles. The predicted octanol–water partition coefficient (Wildman–Crippen LogP) is 2.80. The summed E-state index contributed by atoms with van der Waals surface area (Å²) < 4.78 is 24.2. The van der Waals surface area contributed by atoms with Gasteiger partial charge in [0.25, 0.3) is 0 Å². The molecule has 1 rings (SSSR count). The van der Waals surface area contributed by atoms with Gasteiger partial charge in [-0.25, -0.2) is 8.42 Å². The second-order valence-corrected chi connectivity index (χ2v) is 5.87. The number of hydrogen-bond donors (Lipinski definition) is 0.